The van der Waals surface area contributed by atoms with Gasteiger partial charge in [-0.2, -0.15) is 0 Å². The first-order valence-corrected chi connectivity index (χ1v) is 9.09. The second-order valence-electron chi connectivity index (χ2n) is 6.78. The van der Waals surface area contributed by atoms with Gasteiger partial charge < -0.3 is 10.2 Å². The molecule has 3 aromatic rings. The van der Waals surface area contributed by atoms with Crippen LogP contribution in [0.2, 0.25) is 0 Å². The van der Waals surface area contributed by atoms with Crippen molar-refractivity contribution in [3.63, 3.8) is 0 Å². The minimum atomic E-state index is -0.335. The van der Waals surface area contributed by atoms with Gasteiger partial charge in [-0.05, 0) is 42.7 Å². The van der Waals surface area contributed by atoms with Gasteiger partial charge in [-0.15, -0.1) is 0 Å². The molecule has 1 aromatic heterocycles. The Labute approximate surface area is 165 Å². The van der Waals surface area contributed by atoms with E-state index in [1.165, 1.54) is 0 Å². The van der Waals surface area contributed by atoms with Crippen molar-refractivity contribution in [3.8, 4) is 0 Å². The summed E-state index contributed by atoms with van der Waals surface area (Å²) in [7, 11) is 1.72. The van der Waals surface area contributed by atoms with Crippen LogP contribution < -0.4 is 5.32 Å². The number of hydrogen-bond acceptors (Lipinski definition) is 3. The van der Waals surface area contributed by atoms with Crippen LogP contribution in [0.5, 0.6) is 0 Å². The van der Waals surface area contributed by atoms with Gasteiger partial charge in [0.1, 0.15) is 11.4 Å². The van der Waals surface area contributed by atoms with Gasteiger partial charge >= 0.3 is 0 Å². The van der Waals surface area contributed by atoms with Crippen molar-refractivity contribution in [3.05, 3.63) is 94.8 Å². The molecular formula is C23H23N3O2. The Bertz CT molecular complexity index is 979. The van der Waals surface area contributed by atoms with Crippen LogP contribution in [0.3, 0.4) is 0 Å². The molecule has 2 amide bonds. The quantitative estimate of drug-likeness (QED) is 0.728. The lowest BCUT2D eigenvalue weighted by Crippen LogP contribution is -2.27. The molecule has 0 saturated heterocycles. The molecule has 0 radical (unpaired) electrons. The normalized spacial score (nSPS) is 10.4. The molecule has 28 heavy (non-hydrogen) atoms. The molecule has 142 valence electrons. The summed E-state index contributed by atoms with van der Waals surface area (Å²) in [4.78, 5) is 31.3. The first kappa shape index (κ1) is 19.3. The van der Waals surface area contributed by atoms with Crippen LogP contribution >= 0.6 is 0 Å². The molecule has 0 fully saturated rings. The van der Waals surface area contributed by atoms with Crippen LogP contribution in [0.15, 0.2) is 66.7 Å². The highest BCUT2D eigenvalue weighted by Gasteiger charge is 2.17. The van der Waals surface area contributed by atoms with E-state index in [2.05, 4.69) is 10.3 Å². The summed E-state index contributed by atoms with van der Waals surface area (Å²) in [5, 5.41) is 2.90. The monoisotopic (exact) mass is 373 g/mol. The van der Waals surface area contributed by atoms with Gasteiger partial charge in [-0.3, -0.25) is 9.59 Å². The molecule has 0 aliphatic heterocycles. The second-order valence-corrected chi connectivity index (χ2v) is 6.78. The zero-order valence-corrected chi connectivity index (χ0v) is 16.3. The van der Waals surface area contributed by atoms with Gasteiger partial charge in [0.25, 0.3) is 11.8 Å². The molecule has 5 heteroatoms. The van der Waals surface area contributed by atoms with E-state index in [1.807, 2.05) is 62.4 Å². The Morgan fingerprint density at radius 3 is 2.14 bits per heavy atom. The van der Waals surface area contributed by atoms with Crippen molar-refractivity contribution in [2.45, 2.75) is 20.4 Å². The lowest BCUT2D eigenvalue weighted by molar-refractivity contribution is 0.0779. The Kier molecular flexibility index (Phi) is 5.84. The number of benzene rings is 2. The fraction of sp³-hybridized carbons (Fsp3) is 0.174. The van der Waals surface area contributed by atoms with Crippen LogP contribution in [-0.2, 0) is 6.54 Å². The van der Waals surface area contributed by atoms with Gasteiger partial charge in [0, 0.05) is 19.3 Å². The molecule has 0 bridgehead atoms. The first-order valence-electron chi connectivity index (χ1n) is 9.09. The van der Waals surface area contributed by atoms with Crippen molar-refractivity contribution in [1.29, 1.82) is 0 Å². The maximum Gasteiger partial charge on any atom is 0.274 e. The highest BCUT2D eigenvalue weighted by atomic mass is 16.2. The summed E-state index contributed by atoms with van der Waals surface area (Å²) in [5.41, 5.74) is 4.20. The molecule has 1 N–H and O–H groups in total. The Balaban J connectivity index is 1.76. The highest BCUT2D eigenvalue weighted by molar-refractivity contribution is 6.04. The molecule has 0 atom stereocenters. The van der Waals surface area contributed by atoms with Gasteiger partial charge in [-0.1, -0.05) is 54.6 Å². The number of para-hydroxylation sites is 1. The number of nitrogens with zero attached hydrogens (tertiary/aromatic N) is 2. The van der Waals surface area contributed by atoms with E-state index < -0.39 is 0 Å². The summed E-state index contributed by atoms with van der Waals surface area (Å²) < 4.78 is 0. The number of anilines is 1. The molecule has 0 aliphatic carbocycles. The fourth-order valence-corrected chi connectivity index (χ4v) is 2.99. The number of carbonyl (C=O) groups is 2. The van der Waals surface area contributed by atoms with E-state index in [0.29, 0.717) is 6.54 Å². The maximum atomic E-state index is 12.7. The summed E-state index contributed by atoms with van der Waals surface area (Å²) in [6.45, 7) is 4.35. The highest BCUT2D eigenvalue weighted by Crippen LogP contribution is 2.20. The summed E-state index contributed by atoms with van der Waals surface area (Å²) >= 11 is 0. The number of amides is 2. The number of aromatic nitrogens is 1. The number of rotatable bonds is 5. The molecule has 1 heterocycles. The molecule has 0 unspecified atom stereocenters. The zero-order valence-electron chi connectivity index (χ0n) is 16.3. The van der Waals surface area contributed by atoms with Crippen molar-refractivity contribution in [2.75, 3.05) is 12.4 Å². The number of carbonyl (C=O) groups excluding carboxylic acids is 2. The van der Waals surface area contributed by atoms with Crippen LogP contribution in [0.25, 0.3) is 0 Å². The molecule has 0 saturated carbocycles. The molecule has 5 nitrogen and oxygen atoms in total. The Hall–Kier alpha value is -3.47. The van der Waals surface area contributed by atoms with Crippen LogP contribution in [0.4, 0.5) is 5.69 Å². The Morgan fingerprint density at radius 2 is 1.46 bits per heavy atom. The average molecular weight is 373 g/mol. The van der Waals surface area contributed by atoms with Crippen molar-refractivity contribution < 1.29 is 9.59 Å². The summed E-state index contributed by atoms with van der Waals surface area (Å²) in [5.74, 6) is -0.566. The number of nitrogens with one attached hydrogen (secondary N) is 1. The fourth-order valence-electron chi connectivity index (χ4n) is 2.99. The maximum absolute atomic E-state index is 12.7. The van der Waals surface area contributed by atoms with E-state index in [4.69, 9.17) is 0 Å². The predicted molar refractivity (Wildman–Crippen MR) is 110 cm³/mol. The van der Waals surface area contributed by atoms with Crippen LogP contribution in [0, 0.1) is 13.8 Å². The molecular weight excluding hydrogens is 350 g/mol. The van der Waals surface area contributed by atoms with E-state index >= 15 is 0 Å². The van der Waals surface area contributed by atoms with Gasteiger partial charge in [0.15, 0.2) is 0 Å². The number of hydrogen-bond donors (Lipinski definition) is 1. The standard InChI is InChI=1S/C23H23N3O2/c1-16-9-7-10-17(2)21(16)25-22(27)19-13-8-14-20(24-19)23(28)26(3)15-18-11-5-4-6-12-18/h4-14H,15H2,1-3H3,(H,25,27). The van der Waals surface area contributed by atoms with Crippen LogP contribution in [0.1, 0.15) is 37.7 Å². The zero-order chi connectivity index (χ0) is 20.1. The lowest BCUT2D eigenvalue weighted by Gasteiger charge is -2.17. The van der Waals surface area contributed by atoms with Crippen LogP contribution in [-0.4, -0.2) is 28.7 Å². The average Bonchev–Trinajstić information content (AvgIpc) is 2.71. The van der Waals surface area contributed by atoms with E-state index in [1.54, 1.807) is 30.1 Å². The number of aryl methyl sites for hydroxylation is 2. The summed E-state index contributed by atoms with van der Waals surface area (Å²) in [6, 6.07) is 20.5. The minimum absolute atomic E-state index is 0.210. The van der Waals surface area contributed by atoms with Gasteiger partial charge in [0.2, 0.25) is 0 Å². The van der Waals surface area contributed by atoms with Gasteiger partial charge in [-0.25, -0.2) is 4.98 Å². The third-order valence-electron chi connectivity index (χ3n) is 4.53. The van der Waals surface area contributed by atoms with E-state index in [9.17, 15) is 9.59 Å². The van der Waals surface area contributed by atoms with E-state index in [-0.39, 0.29) is 23.2 Å². The first-order chi connectivity index (χ1) is 13.5. The molecule has 3 rings (SSSR count). The minimum Gasteiger partial charge on any atom is -0.336 e. The van der Waals surface area contributed by atoms with Crippen molar-refractivity contribution in [1.82, 2.24) is 9.88 Å². The van der Waals surface area contributed by atoms with Crippen molar-refractivity contribution >= 4 is 17.5 Å². The smallest absolute Gasteiger partial charge is 0.274 e. The Morgan fingerprint density at radius 1 is 0.857 bits per heavy atom. The van der Waals surface area contributed by atoms with E-state index in [0.717, 1.165) is 22.4 Å². The summed E-state index contributed by atoms with van der Waals surface area (Å²) in [6.07, 6.45) is 0. The predicted octanol–water partition coefficient (Wildman–Crippen LogP) is 4.22. The second kappa shape index (κ2) is 8.48. The SMILES string of the molecule is Cc1cccc(C)c1NC(=O)c1cccc(C(=O)N(C)Cc2ccccc2)n1. The van der Waals surface area contributed by atoms with Gasteiger partial charge in [0.05, 0.1) is 0 Å². The molecule has 0 aliphatic rings. The largest absolute Gasteiger partial charge is 0.336 e. The molecule has 2 aromatic carbocycles. The molecule has 0 spiro atoms. The topological polar surface area (TPSA) is 62.3 Å². The van der Waals surface area contributed by atoms with Crippen molar-refractivity contribution in [2.24, 2.45) is 0 Å². The third-order valence-corrected chi connectivity index (χ3v) is 4.53. The lowest BCUT2D eigenvalue weighted by atomic mass is 10.1. The third kappa shape index (κ3) is 4.43. The number of pyridine rings is 1.